The number of hydrogen-bond acceptors (Lipinski definition) is 4. The Hall–Kier alpha value is -0.480. The van der Waals surface area contributed by atoms with Crippen LogP contribution in [0.5, 0.6) is 0 Å². The summed E-state index contributed by atoms with van der Waals surface area (Å²) in [5.74, 6) is 1.62. The molecule has 0 bridgehead atoms. The highest BCUT2D eigenvalue weighted by Crippen LogP contribution is 2.38. The fourth-order valence-corrected chi connectivity index (χ4v) is 1.95. The molecular formula is C8H12N2OS. The van der Waals surface area contributed by atoms with Gasteiger partial charge < -0.3 is 5.11 Å². The van der Waals surface area contributed by atoms with Crippen molar-refractivity contribution >= 4 is 11.5 Å². The van der Waals surface area contributed by atoms with Crippen molar-refractivity contribution in [2.24, 2.45) is 0 Å². The molecule has 2 rings (SSSR count). The Balaban J connectivity index is 2.03. The van der Waals surface area contributed by atoms with Crippen LogP contribution in [-0.2, 0) is 6.42 Å². The zero-order valence-corrected chi connectivity index (χ0v) is 7.84. The Labute approximate surface area is 75.6 Å². The fourth-order valence-electron chi connectivity index (χ4n) is 1.11. The van der Waals surface area contributed by atoms with Crippen LogP contribution in [0.1, 0.15) is 36.5 Å². The molecule has 0 spiro atoms. The number of hydrogen-bond donors (Lipinski definition) is 1. The minimum absolute atomic E-state index is 0.301. The summed E-state index contributed by atoms with van der Waals surface area (Å²) in [4.78, 5) is 4.36. The molecule has 1 aliphatic carbocycles. The third-order valence-corrected chi connectivity index (χ3v) is 2.64. The van der Waals surface area contributed by atoms with Gasteiger partial charge in [-0.05, 0) is 31.3 Å². The van der Waals surface area contributed by atoms with Gasteiger partial charge in [-0.2, -0.15) is 4.37 Å². The van der Waals surface area contributed by atoms with Crippen molar-refractivity contribution in [3.05, 3.63) is 10.8 Å². The SMILES string of the molecule is CC(O)Cc1nc(C2CC2)ns1. The van der Waals surface area contributed by atoms with Crippen molar-refractivity contribution in [3.63, 3.8) is 0 Å². The molecule has 1 fully saturated rings. The Bertz CT molecular complexity index is 268. The highest BCUT2D eigenvalue weighted by Gasteiger charge is 2.27. The Kier molecular flexibility index (Phi) is 2.11. The molecule has 0 amide bonds. The van der Waals surface area contributed by atoms with Crippen LogP contribution in [0, 0.1) is 0 Å². The smallest absolute Gasteiger partial charge is 0.145 e. The summed E-state index contributed by atoms with van der Waals surface area (Å²) in [7, 11) is 0. The quantitative estimate of drug-likeness (QED) is 0.771. The summed E-state index contributed by atoms with van der Waals surface area (Å²) in [6, 6.07) is 0. The third-order valence-electron chi connectivity index (χ3n) is 1.90. The van der Waals surface area contributed by atoms with E-state index in [4.69, 9.17) is 5.11 Å². The molecule has 0 radical (unpaired) electrons. The summed E-state index contributed by atoms with van der Waals surface area (Å²) >= 11 is 1.43. The minimum atomic E-state index is -0.301. The van der Waals surface area contributed by atoms with Gasteiger partial charge in [0.1, 0.15) is 10.8 Å². The van der Waals surface area contributed by atoms with E-state index in [-0.39, 0.29) is 6.10 Å². The lowest BCUT2D eigenvalue weighted by molar-refractivity contribution is 0.195. The van der Waals surface area contributed by atoms with Crippen molar-refractivity contribution in [2.75, 3.05) is 0 Å². The molecule has 1 saturated carbocycles. The lowest BCUT2D eigenvalue weighted by Crippen LogP contribution is -2.03. The summed E-state index contributed by atoms with van der Waals surface area (Å²) < 4.78 is 4.25. The van der Waals surface area contributed by atoms with Gasteiger partial charge in [-0.25, -0.2) is 4.98 Å². The minimum Gasteiger partial charge on any atom is -0.393 e. The topological polar surface area (TPSA) is 46.0 Å². The van der Waals surface area contributed by atoms with Crippen molar-refractivity contribution in [2.45, 2.75) is 38.2 Å². The fraction of sp³-hybridized carbons (Fsp3) is 0.750. The lowest BCUT2D eigenvalue weighted by Gasteiger charge is -1.96. The van der Waals surface area contributed by atoms with E-state index in [0.29, 0.717) is 12.3 Å². The first-order valence-electron chi connectivity index (χ1n) is 4.26. The van der Waals surface area contributed by atoms with E-state index in [1.54, 1.807) is 6.92 Å². The maximum absolute atomic E-state index is 9.11. The predicted octanol–water partition coefficient (Wildman–Crippen LogP) is 1.34. The second-order valence-corrected chi connectivity index (χ2v) is 4.21. The van der Waals surface area contributed by atoms with Gasteiger partial charge in [-0.15, -0.1) is 0 Å². The first-order chi connectivity index (χ1) is 5.75. The zero-order valence-electron chi connectivity index (χ0n) is 7.03. The Morgan fingerprint density at radius 3 is 3.00 bits per heavy atom. The predicted molar refractivity (Wildman–Crippen MR) is 47.3 cm³/mol. The lowest BCUT2D eigenvalue weighted by atomic mass is 10.3. The van der Waals surface area contributed by atoms with Gasteiger partial charge in [0.2, 0.25) is 0 Å². The van der Waals surface area contributed by atoms with Crippen LogP contribution in [0.3, 0.4) is 0 Å². The summed E-state index contributed by atoms with van der Waals surface area (Å²) in [6.45, 7) is 1.78. The van der Waals surface area contributed by atoms with Crippen molar-refractivity contribution in [3.8, 4) is 0 Å². The normalized spacial score (nSPS) is 19.5. The first kappa shape index (κ1) is 8.13. The highest BCUT2D eigenvalue weighted by atomic mass is 32.1. The molecule has 1 atom stereocenters. The second-order valence-electron chi connectivity index (χ2n) is 3.37. The van der Waals surface area contributed by atoms with Gasteiger partial charge in [0.05, 0.1) is 6.10 Å². The van der Waals surface area contributed by atoms with Crippen LogP contribution in [0.2, 0.25) is 0 Å². The monoisotopic (exact) mass is 184 g/mol. The van der Waals surface area contributed by atoms with Crippen molar-refractivity contribution in [1.82, 2.24) is 9.36 Å². The average Bonchev–Trinajstić information content (AvgIpc) is 2.73. The number of aromatic nitrogens is 2. The molecule has 1 aromatic rings. The molecule has 0 saturated heterocycles. The molecule has 1 aliphatic rings. The first-order valence-corrected chi connectivity index (χ1v) is 5.03. The maximum atomic E-state index is 9.11. The standard InChI is InChI=1S/C8H12N2OS/c1-5(11)4-7-9-8(10-12-7)6-2-3-6/h5-6,11H,2-4H2,1H3. The largest absolute Gasteiger partial charge is 0.393 e. The van der Waals surface area contributed by atoms with Gasteiger partial charge >= 0.3 is 0 Å². The van der Waals surface area contributed by atoms with Crippen LogP contribution in [0.25, 0.3) is 0 Å². The van der Waals surface area contributed by atoms with E-state index >= 15 is 0 Å². The molecule has 3 nitrogen and oxygen atoms in total. The van der Waals surface area contributed by atoms with Gasteiger partial charge in [0.15, 0.2) is 0 Å². The van der Waals surface area contributed by atoms with E-state index in [1.807, 2.05) is 0 Å². The summed E-state index contributed by atoms with van der Waals surface area (Å²) in [6.07, 6.45) is 2.82. The average molecular weight is 184 g/mol. The van der Waals surface area contributed by atoms with Gasteiger partial charge in [-0.1, -0.05) is 0 Å². The number of aliphatic hydroxyl groups excluding tert-OH is 1. The van der Waals surface area contributed by atoms with Gasteiger partial charge in [0, 0.05) is 12.3 Å². The van der Waals surface area contributed by atoms with Crippen LogP contribution in [0.4, 0.5) is 0 Å². The van der Waals surface area contributed by atoms with E-state index < -0.39 is 0 Å². The van der Waals surface area contributed by atoms with Crippen molar-refractivity contribution in [1.29, 1.82) is 0 Å². The van der Waals surface area contributed by atoms with Crippen LogP contribution in [0.15, 0.2) is 0 Å². The summed E-state index contributed by atoms with van der Waals surface area (Å²) in [5, 5.41) is 10.1. The van der Waals surface area contributed by atoms with Gasteiger partial charge in [-0.3, -0.25) is 0 Å². The molecule has 1 aromatic heterocycles. The molecule has 1 unspecified atom stereocenters. The molecule has 12 heavy (non-hydrogen) atoms. The highest BCUT2D eigenvalue weighted by molar-refractivity contribution is 7.05. The van der Waals surface area contributed by atoms with E-state index in [0.717, 1.165) is 10.8 Å². The van der Waals surface area contributed by atoms with E-state index in [1.165, 1.54) is 24.4 Å². The maximum Gasteiger partial charge on any atom is 0.145 e. The van der Waals surface area contributed by atoms with Crippen LogP contribution >= 0.6 is 11.5 Å². The molecule has 1 N–H and O–H groups in total. The van der Waals surface area contributed by atoms with Crippen LogP contribution < -0.4 is 0 Å². The molecular weight excluding hydrogens is 172 g/mol. The molecule has 66 valence electrons. The summed E-state index contributed by atoms with van der Waals surface area (Å²) in [5.41, 5.74) is 0. The second kappa shape index (κ2) is 3.11. The number of rotatable bonds is 3. The molecule has 1 heterocycles. The zero-order chi connectivity index (χ0) is 8.55. The molecule has 0 aliphatic heterocycles. The third kappa shape index (κ3) is 1.81. The Morgan fingerprint density at radius 2 is 2.42 bits per heavy atom. The molecule has 0 aromatic carbocycles. The Morgan fingerprint density at radius 1 is 1.67 bits per heavy atom. The molecule has 4 heteroatoms. The van der Waals surface area contributed by atoms with E-state index in [2.05, 4.69) is 9.36 Å². The number of nitrogens with zero attached hydrogens (tertiary/aromatic N) is 2. The van der Waals surface area contributed by atoms with Gasteiger partial charge in [0.25, 0.3) is 0 Å². The number of aliphatic hydroxyl groups is 1. The van der Waals surface area contributed by atoms with Crippen molar-refractivity contribution < 1.29 is 5.11 Å². The van der Waals surface area contributed by atoms with Crippen LogP contribution in [-0.4, -0.2) is 20.6 Å². The van der Waals surface area contributed by atoms with E-state index in [9.17, 15) is 0 Å².